The first kappa shape index (κ1) is 7.32. The van der Waals surface area contributed by atoms with E-state index in [9.17, 15) is 4.79 Å². The van der Waals surface area contributed by atoms with Gasteiger partial charge in [-0.05, 0) is 23.7 Å². The average molecular weight is 126 g/mol. The lowest BCUT2D eigenvalue weighted by molar-refractivity contribution is -0.104. The number of carbonyl (C=O) groups excluding carboxylic acids is 1. The fourth-order valence-electron chi connectivity index (χ4n) is 0.180. The van der Waals surface area contributed by atoms with Gasteiger partial charge in [0.15, 0.2) is 0 Å². The third kappa shape index (κ3) is 5.32. The molecule has 0 fully saturated rings. The van der Waals surface area contributed by atoms with Crippen molar-refractivity contribution < 1.29 is 4.79 Å². The van der Waals surface area contributed by atoms with E-state index < -0.39 is 0 Å². The SMILES string of the molecule is CSC#C/C=C/C=O. The maximum atomic E-state index is 9.61. The minimum atomic E-state index is 0.703. The molecule has 0 atom stereocenters. The van der Waals surface area contributed by atoms with Gasteiger partial charge in [0.05, 0.1) is 0 Å². The van der Waals surface area contributed by atoms with E-state index in [0.29, 0.717) is 6.29 Å². The molecular formula is C6H6OS. The predicted molar refractivity (Wildman–Crippen MR) is 36.5 cm³/mol. The monoisotopic (exact) mass is 126 g/mol. The van der Waals surface area contributed by atoms with E-state index in [1.807, 2.05) is 6.26 Å². The molecule has 0 aliphatic rings. The zero-order valence-corrected chi connectivity index (χ0v) is 5.37. The summed E-state index contributed by atoms with van der Waals surface area (Å²) in [5, 5.41) is 2.70. The Balaban J connectivity index is 3.40. The molecule has 42 valence electrons. The lowest BCUT2D eigenvalue weighted by Crippen LogP contribution is -1.54. The summed E-state index contributed by atoms with van der Waals surface area (Å²) < 4.78 is 0. The Morgan fingerprint density at radius 2 is 2.38 bits per heavy atom. The molecule has 0 heterocycles. The van der Waals surface area contributed by atoms with Crippen LogP contribution in [0.15, 0.2) is 12.2 Å². The number of aldehydes is 1. The summed E-state index contributed by atoms with van der Waals surface area (Å²) in [6, 6.07) is 0. The second-order valence-corrected chi connectivity index (χ2v) is 1.56. The van der Waals surface area contributed by atoms with Crippen LogP contribution in [0.1, 0.15) is 0 Å². The molecule has 0 saturated carbocycles. The molecule has 0 aromatic carbocycles. The van der Waals surface area contributed by atoms with E-state index in [0.717, 1.165) is 0 Å². The molecule has 2 heteroatoms. The molecule has 1 nitrogen and oxygen atoms in total. The van der Waals surface area contributed by atoms with Crippen molar-refractivity contribution in [3.8, 4) is 11.2 Å². The molecule has 0 aromatic heterocycles. The Morgan fingerprint density at radius 1 is 1.62 bits per heavy atom. The van der Waals surface area contributed by atoms with Crippen LogP contribution < -0.4 is 0 Å². The first-order valence-corrected chi connectivity index (χ1v) is 3.28. The van der Waals surface area contributed by atoms with E-state index >= 15 is 0 Å². The summed E-state index contributed by atoms with van der Waals surface area (Å²) in [6.07, 6.45) is 5.46. The average Bonchev–Trinajstić information content (AvgIpc) is 1.81. The largest absolute Gasteiger partial charge is 0.299 e. The van der Waals surface area contributed by atoms with Gasteiger partial charge in [-0.3, -0.25) is 4.79 Å². The molecule has 0 aliphatic heterocycles. The van der Waals surface area contributed by atoms with Crippen LogP contribution in [-0.4, -0.2) is 12.5 Å². The van der Waals surface area contributed by atoms with Gasteiger partial charge >= 0.3 is 0 Å². The fourth-order valence-corrected chi connectivity index (χ4v) is 0.366. The van der Waals surface area contributed by atoms with E-state index in [2.05, 4.69) is 11.2 Å². The molecule has 0 bridgehead atoms. The van der Waals surface area contributed by atoms with Crippen LogP contribution in [0.25, 0.3) is 0 Å². The summed E-state index contributed by atoms with van der Waals surface area (Å²) in [5.41, 5.74) is 0. The van der Waals surface area contributed by atoms with Crippen molar-refractivity contribution in [2.75, 3.05) is 6.26 Å². The molecule has 0 amide bonds. The number of carbonyl (C=O) groups is 1. The third-order valence-electron chi connectivity index (χ3n) is 0.419. The first-order valence-electron chi connectivity index (χ1n) is 2.05. The van der Waals surface area contributed by atoms with Crippen molar-refractivity contribution in [3.05, 3.63) is 12.2 Å². The molecule has 0 aliphatic carbocycles. The van der Waals surface area contributed by atoms with Crippen molar-refractivity contribution in [2.24, 2.45) is 0 Å². The molecule has 0 spiro atoms. The number of rotatable bonds is 1. The maximum absolute atomic E-state index is 9.61. The summed E-state index contributed by atoms with van der Waals surface area (Å²) >= 11 is 1.42. The normalized spacial score (nSPS) is 8.12. The van der Waals surface area contributed by atoms with E-state index in [1.54, 1.807) is 0 Å². The molecule has 0 rings (SSSR count). The van der Waals surface area contributed by atoms with Crippen molar-refractivity contribution in [1.29, 1.82) is 0 Å². The summed E-state index contributed by atoms with van der Waals surface area (Å²) in [6.45, 7) is 0. The quantitative estimate of drug-likeness (QED) is 0.297. The van der Waals surface area contributed by atoms with E-state index in [4.69, 9.17) is 0 Å². The maximum Gasteiger partial charge on any atom is 0.143 e. The van der Waals surface area contributed by atoms with Crippen molar-refractivity contribution in [2.45, 2.75) is 0 Å². The Morgan fingerprint density at radius 3 is 2.88 bits per heavy atom. The summed E-state index contributed by atoms with van der Waals surface area (Å²) in [5.74, 6) is 2.64. The Kier molecular flexibility index (Phi) is 5.78. The lowest BCUT2D eigenvalue weighted by atomic mass is 10.5. The van der Waals surface area contributed by atoms with E-state index in [-0.39, 0.29) is 0 Å². The standard InChI is InChI=1S/C6H6OS/c1-8-6-4-2-3-5-7/h2-3,5H,1H3/b3-2+. The fraction of sp³-hybridized carbons (Fsp3) is 0.167. The highest BCUT2D eigenvalue weighted by atomic mass is 32.2. The zero-order chi connectivity index (χ0) is 6.24. The van der Waals surface area contributed by atoms with E-state index in [1.165, 1.54) is 23.9 Å². The Bertz CT molecular complexity index is 138. The molecule has 0 radical (unpaired) electrons. The van der Waals surface area contributed by atoms with Crippen molar-refractivity contribution in [3.63, 3.8) is 0 Å². The van der Waals surface area contributed by atoms with Crippen LogP contribution in [0.5, 0.6) is 0 Å². The molecule has 8 heavy (non-hydrogen) atoms. The highest BCUT2D eigenvalue weighted by molar-refractivity contribution is 8.03. The van der Waals surface area contributed by atoms with Gasteiger partial charge < -0.3 is 0 Å². The van der Waals surface area contributed by atoms with Crippen LogP contribution in [-0.2, 0) is 4.79 Å². The van der Waals surface area contributed by atoms with Crippen molar-refractivity contribution in [1.82, 2.24) is 0 Å². The first-order chi connectivity index (χ1) is 3.91. The summed E-state index contributed by atoms with van der Waals surface area (Å²) in [7, 11) is 0. The lowest BCUT2D eigenvalue weighted by Gasteiger charge is -1.63. The van der Waals surface area contributed by atoms with Crippen LogP contribution in [0.4, 0.5) is 0 Å². The summed E-state index contributed by atoms with van der Waals surface area (Å²) in [4.78, 5) is 9.61. The van der Waals surface area contributed by atoms with Gasteiger partial charge in [-0.1, -0.05) is 17.7 Å². The van der Waals surface area contributed by atoms with Crippen LogP contribution in [0.2, 0.25) is 0 Å². The number of thioether (sulfide) groups is 1. The highest BCUT2D eigenvalue weighted by Crippen LogP contribution is 1.82. The van der Waals surface area contributed by atoms with Crippen LogP contribution >= 0.6 is 11.8 Å². The molecular weight excluding hydrogens is 120 g/mol. The molecule has 0 saturated heterocycles. The minimum Gasteiger partial charge on any atom is -0.299 e. The zero-order valence-electron chi connectivity index (χ0n) is 4.55. The Labute approximate surface area is 53.2 Å². The topological polar surface area (TPSA) is 17.1 Å². The van der Waals surface area contributed by atoms with Gasteiger partial charge in [-0.25, -0.2) is 0 Å². The van der Waals surface area contributed by atoms with Crippen molar-refractivity contribution >= 4 is 18.0 Å². The van der Waals surface area contributed by atoms with Gasteiger partial charge in [0, 0.05) is 0 Å². The van der Waals surface area contributed by atoms with Gasteiger partial charge in [-0.2, -0.15) is 0 Å². The second-order valence-electron chi connectivity index (χ2n) is 0.946. The minimum absolute atomic E-state index is 0.703. The smallest absolute Gasteiger partial charge is 0.143 e. The highest BCUT2D eigenvalue weighted by Gasteiger charge is 1.58. The molecule has 0 N–H and O–H groups in total. The van der Waals surface area contributed by atoms with Gasteiger partial charge in [-0.15, -0.1) is 0 Å². The molecule has 0 aromatic rings. The van der Waals surface area contributed by atoms with Gasteiger partial charge in [0.1, 0.15) is 6.29 Å². The van der Waals surface area contributed by atoms with Crippen LogP contribution in [0.3, 0.4) is 0 Å². The number of allylic oxidation sites excluding steroid dienone is 2. The number of hydrogen-bond donors (Lipinski definition) is 0. The predicted octanol–water partition coefficient (Wildman–Crippen LogP) is 1.07. The van der Waals surface area contributed by atoms with Crippen LogP contribution in [0, 0.1) is 11.2 Å². The third-order valence-corrected chi connectivity index (χ3v) is 0.741. The van der Waals surface area contributed by atoms with Gasteiger partial charge in [0.25, 0.3) is 0 Å². The Hall–Kier alpha value is -0.680. The van der Waals surface area contributed by atoms with Gasteiger partial charge in [0.2, 0.25) is 0 Å². The number of hydrogen-bond acceptors (Lipinski definition) is 2. The molecule has 0 unspecified atom stereocenters. The second kappa shape index (κ2) is 6.32.